The fraction of sp³-hybridized carbons (Fsp3) is 0.571. The lowest BCUT2D eigenvalue weighted by Gasteiger charge is -2.37. The van der Waals surface area contributed by atoms with E-state index in [-0.39, 0.29) is 0 Å². The summed E-state index contributed by atoms with van der Waals surface area (Å²) in [5, 5.41) is 0. The number of likely N-dealkylation sites (N-methyl/N-ethyl adjacent to an activating group) is 1. The highest BCUT2D eigenvalue weighted by Crippen LogP contribution is 2.17. The molecule has 0 aromatic heterocycles. The Bertz CT molecular complexity index is 386. The number of hydrogen-bond acceptors (Lipinski definition) is 3. The Hall–Kier alpha value is -0.580. The quantitative estimate of drug-likeness (QED) is 0.849. The lowest BCUT2D eigenvalue weighted by molar-refractivity contribution is 0.0928. The minimum atomic E-state index is 0.643. The van der Waals surface area contributed by atoms with Crippen LogP contribution in [-0.2, 0) is 0 Å². The van der Waals surface area contributed by atoms with Crippen molar-refractivity contribution >= 4 is 15.9 Å². The zero-order valence-electron chi connectivity index (χ0n) is 11.1. The average molecular weight is 313 g/mol. The summed E-state index contributed by atoms with van der Waals surface area (Å²) in [6, 6.07) is 8.65. The molecule has 0 spiro atoms. The van der Waals surface area contributed by atoms with E-state index in [0.717, 1.165) is 43.0 Å². The number of ether oxygens (including phenoxy) is 1. The second-order valence-corrected chi connectivity index (χ2v) is 5.85. The van der Waals surface area contributed by atoms with Gasteiger partial charge in [0.25, 0.3) is 0 Å². The normalized spacial score (nSPS) is 22.1. The Labute approximate surface area is 118 Å². The Morgan fingerprint density at radius 1 is 1.39 bits per heavy atom. The minimum absolute atomic E-state index is 0.643. The molecule has 1 atom stereocenters. The van der Waals surface area contributed by atoms with E-state index >= 15 is 0 Å². The summed E-state index contributed by atoms with van der Waals surface area (Å²) in [4.78, 5) is 4.88. The number of piperazine rings is 1. The number of rotatable bonds is 4. The molecule has 1 aromatic rings. The second kappa shape index (κ2) is 6.55. The first-order valence-electron chi connectivity index (χ1n) is 6.46. The molecule has 0 saturated carbocycles. The van der Waals surface area contributed by atoms with E-state index in [9.17, 15) is 0 Å². The summed E-state index contributed by atoms with van der Waals surface area (Å²) >= 11 is 3.45. The summed E-state index contributed by atoms with van der Waals surface area (Å²) in [7, 11) is 2.19. The van der Waals surface area contributed by atoms with Gasteiger partial charge in [-0.25, -0.2) is 0 Å². The number of nitrogens with zero attached hydrogens (tertiary/aromatic N) is 2. The van der Waals surface area contributed by atoms with Crippen LogP contribution in [0, 0.1) is 0 Å². The molecule has 4 heteroatoms. The summed E-state index contributed by atoms with van der Waals surface area (Å²) in [5.74, 6) is 0.937. The van der Waals surface area contributed by atoms with Crippen LogP contribution in [0.3, 0.4) is 0 Å². The number of hydrogen-bond donors (Lipinski definition) is 0. The van der Waals surface area contributed by atoms with Crippen LogP contribution in [0.5, 0.6) is 5.75 Å². The highest BCUT2D eigenvalue weighted by Gasteiger charge is 2.19. The van der Waals surface area contributed by atoms with Crippen molar-refractivity contribution in [3.8, 4) is 5.75 Å². The van der Waals surface area contributed by atoms with Gasteiger partial charge < -0.3 is 9.64 Å². The van der Waals surface area contributed by atoms with Gasteiger partial charge in [-0.05, 0) is 32.2 Å². The van der Waals surface area contributed by atoms with Gasteiger partial charge in [-0.1, -0.05) is 22.0 Å². The van der Waals surface area contributed by atoms with Gasteiger partial charge in [0, 0.05) is 36.7 Å². The molecular weight excluding hydrogens is 292 g/mol. The Balaban J connectivity index is 1.72. The third-order valence-corrected chi connectivity index (χ3v) is 4.01. The van der Waals surface area contributed by atoms with Crippen molar-refractivity contribution in [1.29, 1.82) is 0 Å². The fourth-order valence-electron chi connectivity index (χ4n) is 2.18. The Kier molecular flexibility index (Phi) is 5.03. The maximum Gasteiger partial charge on any atom is 0.120 e. The highest BCUT2D eigenvalue weighted by atomic mass is 79.9. The van der Waals surface area contributed by atoms with Crippen LogP contribution in [0.15, 0.2) is 28.7 Å². The first kappa shape index (κ1) is 13.8. The predicted octanol–water partition coefficient (Wildman–Crippen LogP) is 2.46. The number of benzene rings is 1. The van der Waals surface area contributed by atoms with E-state index in [1.165, 1.54) is 0 Å². The topological polar surface area (TPSA) is 15.7 Å². The molecule has 0 aliphatic carbocycles. The van der Waals surface area contributed by atoms with Crippen molar-refractivity contribution in [3.63, 3.8) is 0 Å². The van der Waals surface area contributed by atoms with Gasteiger partial charge >= 0.3 is 0 Å². The molecule has 100 valence electrons. The molecule has 0 radical (unpaired) electrons. The third kappa shape index (κ3) is 3.97. The van der Waals surface area contributed by atoms with Crippen LogP contribution < -0.4 is 4.74 Å². The smallest absolute Gasteiger partial charge is 0.120 e. The average Bonchev–Trinajstić information content (AvgIpc) is 2.34. The molecule has 1 heterocycles. The number of halogens is 1. The second-order valence-electron chi connectivity index (χ2n) is 4.94. The molecule has 1 unspecified atom stereocenters. The zero-order valence-corrected chi connectivity index (χ0v) is 12.7. The first-order chi connectivity index (χ1) is 8.65. The molecule has 2 rings (SSSR count). The largest absolute Gasteiger partial charge is 0.492 e. The van der Waals surface area contributed by atoms with E-state index in [1.807, 2.05) is 24.3 Å². The van der Waals surface area contributed by atoms with Gasteiger partial charge in [0.05, 0.1) is 0 Å². The lowest BCUT2D eigenvalue weighted by atomic mass is 10.2. The Morgan fingerprint density at radius 3 is 2.94 bits per heavy atom. The molecule has 18 heavy (non-hydrogen) atoms. The summed E-state index contributed by atoms with van der Waals surface area (Å²) in [6.45, 7) is 7.47. The van der Waals surface area contributed by atoms with Gasteiger partial charge in [0.2, 0.25) is 0 Å². The molecule has 0 bridgehead atoms. The van der Waals surface area contributed by atoms with Crippen LogP contribution in [0.1, 0.15) is 6.92 Å². The lowest BCUT2D eigenvalue weighted by Crippen LogP contribution is -2.50. The molecular formula is C14H21BrN2O. The maximum atomic E-state index is 5.77. The van der Waals surface area contributed by atoms with Gasteiger partial charge in [-0.3, -0.25) is 4.90 Å². The van der Waals surface area contributed by atoms with Crippen LogP contribution in [-0.4, -0.2) is 55.7 Å². The van der Waals surface area contributed by atoms with Crippen LogP contribution >= 0.6 is 15.9 Å². The Morgan fingerprint density at radius 2 is 2.22 bits per heavy atom. The predicted molar refractivity (Wildman–Crippen MR) is 78.2 cm³/mol. The molecule has 1 fully saturated rings. The van der Waals surface area contributed by atoms with Crippen molar-refractivity contribution in [2.75, 3.05) is 39.8 Å². The SMILES string of the molecule is CC1CN(CCOc2cccc(Br)c2)CCN1C. The summed E-state index contributed by atoms with van der Waals surface area (Å²) < 4.78 is 6.83. The molecule has 0 N–H and O–H groups in total. The third-order valence-electron chi connectivity index (χ3n) is 3.52. The van der Waals surface area contributed by atoms with Crippen molar-refractivity contribution in [1.82, 2.24) is 9.80 Å². The van der Waals surface area contributed by atoms with Gasteiger partial charge in [-0.2, -0.15) is 0 Å². The summed E-state index contributed by atoms with van der Waals surface area (Å²) in [6.07, 6.45) is 0. The van der Waals surface area contributed by atoms with E-state index < -0.39 is 0 Å². The van der Waals surface area contributed by atoms with Gasteiger partial charge in [0.15, 0.2) is 0 Å². The molecule has 1 aromatic carbocycles. The van der Waals surface area contributed by atoms with E-state index in [1.54, 1.807) is 0 Å². The summed E-state index contributed by atoms with van der Waals surface area (Å²) in [5.41, 5.74) is 0. The molecule has 3 nitrogen and oxygen atoms in total. The van der Waals surface area contributed by atoms with Crippen LogP contribution in [0.4, 0.5) is 0 Å². The van der Waals surface area contributed by atoms with E-state index in [2.05, 4.69) is 39.7 Å². The fourth-order valence-corrected chi connectivity index (χ4v) is 2.55. The standard InChI is InChI=1S/C14H21BrN2O/c1-12-11-17(7-6-16(12)2)8-9-18-14-5-3-4-13(15)10-14/h3-5,10,12H,6-9,11H2,1-2H3. The highest BCUT2D eigenvalue weighted by molar-refractivity contribution is 9.10. The maximum absolute atomic E-state index is 5.77. The molecule has 1 saturated heterocycles. The molecule has 1 aliphatic rings. The van der Waals surface area contributed by atoms with Crippen molar-refractivity contribution in [2.24, 2.45) is 0 Å². The molecule has 1 aliphatic heterocycles. The van der Waals surface area contributed by atoms with E-state index in [4.69, 9.17) is 4.74 Å². The van der Waals surface area contributed by atoms with Gasteiger partial charge in [-0.15, -0.1) is 0 Å². The van der Waals surface area contributed by atoms with Gasteiger partial charge in [0.1, 0.15) is 12.4 Å². The van der Waals surface area contributed by atoms with E-state index in [0.29, 0.717) is 6.04 Å². The monoisotopic (exact) mass is 312 g/mol. The van der Waals surface area contributed by atoms with Crippen molar-refractivity contribution in [3.05, 3.63) is 28.7 Å². The van der Waals surface area contributed by atoms with Crippen molar-refractivity contribution in [2.45, 2.75) is 13.0 Å². The van der Waals surface area contributed by atoms with Crippen molar-refractivity contribution < 1.29 is 4.74 Å². The zero-order chi connectivity index (χ0) is 13.0. The first-order valence-corrected chi connectivity index (χ1v) is 7.25. The van der Waals surface area contributed by atoms with Crippen LogP contribution in [0.2, 0.25) is 0 Å². The minimum Gasteiger partial charge on any atom is -0.492 e. The van der Waals surface area contributed by atoms with Crippen LogP contribution in [0.25, 0.3) is 0 Å². The molecule has 0 amide bonds.